The standard InChI is InChI=1S/C27H30FN5O2/c1-19-17-21(12-13-23(19)28)27-29-25(35-32-27)14-15-26(34)33(2)16-8-4-7-11-22-18-24(31-30-22)20-9-5-3-6-10-20/h3,5-6,9-10,12-13,17-18H,4,7-8,11,14-16H2,1-2H3,(H,30,31). The number of aromatic nitrogens is 4. The van der Waals surface area contributed by atoms with Gasteiger partial charge >= 0.3 is 0 Å². The van der Waals surface area contributed by atoms with Crippen molar-refractivity contribution in [2.75, 3.05) is 13.6 Å². The number of H-pyrrole nitrogens is 1. The molecular formula is C27H30FN5O2. The van der Waals surface area contributed by atoms with Crippen LogP contribution in [0.4, 0.5) is 4.39 Å². The van der Waals surface area contributed by atoms with E-state index in [2.05, 4.69) is 38.5 Å². The molecule has 4 rings (SSSR count). The second-order valence-electron chi connectivity index (χ2n) is 8.75. The van der Waals surface area contributed by atoms with Gasteiger partial charge in [-0.3, -0.25) is 9.89 Å². The molecule has 0 aliphatic heterocycles. The van der Waals surface area contributed by atoms with Crippen LogP contribution in [0, 0.1) is 12.7 Å². The van der Waals surface area contributed by atoms with Crippen molar-refractivity contribution in [3.05, 3.63) is 77.6 Å². The Labute approximate surface area is 204 Å². The Hall–Kier alpha value is -3.81. The van der Waals surface area contributed by atoms with Crippen molar-refractivity contribution in [2.45, 2.75) is 45.4 Å². The third-order valence-electron chi connectivity index (χ3n) is 6.00. The monoisotopic (exact) mass is 475 g/mol. The highest BCUT2D eigenvalue weighted by atomic mass is 19.1. The summed E-state index contributed by atoms with van der Waals surface area (Å²) in [5, 5.41) is 11.5. The van der Waals surface area contributed by atoms with Gasteiger partial charge in [0.25, 0.3) is 0 Å². The summed E-state index contributed by atoms with van der Waals surface area (Å²) in [7, 11) is 1.82. The SMILES string of the molecule is Cc1cc(-c2noc(CCC(=O)N(C)CCCCCc3cc(-c4ccccc4)n[nH]3)n2)ccc1F. The fraction of sp³-hybridized carbons (Fsp3) is 0.333. The molecule has 182 valence electrons. The number of unbranched alkanes of at least 4 members (excludes halogenated alkanes) is 2. The Morgan fingerprint density at radius 1 is 1.03 bits per heavy atom. The molecule has 0 saturated carbocycles. The molecule has 0 fully saturated rings. The number of aryl methyl sites for hydroxylation is 3. The van der Waals surface area contributed by atoms with Crippen LogP contribution in [0.1, 0.15) is 42.8 Å². The van der Waals surface area contributed by atoms with E-state index in [0.29, 0.717) is 42.2 Å². The summed E-state index contributed by atoms with van der Waals surface area (Å²) in [6.45, 7) is 2.40. The summed E-state index contributed by atoms with van der Waals surface area (Å²) in [6.07, 6.45) is 4.62. The van der Waals surface area contributed by atoms with Crippen molar-refractivity contribution in [1.82, 2.24) is 25.2 Å². The highest BCUT2D eigenvalue weighted by Gasteiger charge is 2.14. The van der Waals surface area contributed by atoms with E-state index in [1.165, 1.54) is 6.07 Å². The van der Waals surface area contributed by atoms with Gasteiger partial charge in [-0.2, -0.15) is 10.1 Å². The third-order valence-corrected chi connectivity index (χ3v) is 6.00. The summed E-state index contributed by atoms with van der Waals surface area (Å²) < 4.78 is 18.7. The predicted molar refractivity (Wildman–Crippen MR) is 132 cm³/mol. The lowest BCUT2D eigenvalue weighted by Gasteiger charge is -2.16. The first-order valence-corrected chi connectivity index (χ1v) is 11.9. The zero-order chi connectivity index (χ0) is 24.6. The van der Waals surface area contributed by atoms with Crippen LogP contribution in [0.2, 0.25) is 0 Å². The van der Waals surface area contributed by atoms with Gasteiger partial charge < -0.3 is 9.42 Å². The van der Waals surface area contributed by atoms with E-state index in [1.54, 1.807) is 24.0 Å². The molecule has 0 bridgehead atoms. The van der Waals surface area contributed by atoms with Crippen LogP contribution in [-0.4, -0.2) is 44.7 Å². The maximum absolute atomic E-state index is 13.5. The smallest absolute Gasteiger partial charge is 0.227 e. The first-order valence-electron chi connectivity index (χ1n) is 11.9. The van der Waals surface area contributed by atoms with E-state index < -0.39 is 0 Å². The number of carbonyl (C=O) groups excluding carboxylic acids is 1. The molecule has 0 aliphatic rings. The molecule has 1 N–H and O–H groups in total. The predicted octanol–water partition coefficient (Wildman–Crippen LogP) is 5.38. The van der Waals surface area contributed by atoms with E-state index in [0.717, 1.165) is 42.6 Å². The minimum absolute atomic E-state index is 0.0449. The van der Waals surface area contributed by atoms with Crippen molar-refractivity contribution in [3.8, 4) is 22.6 Å². The van der Waals surface area contributed by atoms with Gasteiger partial charge in [-0.05, 0) is 56.0 Å². The molecule has 4 aromatic rings. The number of nitrogens with one attached hydrogen (secondary N) is 1. The number of aromatic amines is 1. The second-order valence-corrected chi connectivity index (χ2v) is 8.75. The molecule has 35 heavy (non-hydrogen) atoms. The Morgan fingerprint density at radius 2 is 1.86 bits per heavy atom. The largest absolute Gasteiger partial charge is 0.346 e. The minimum Gasteiger partial charge on any atom is -0.346 e. The molecule has 2 aromatic carbocycles. The zero-order valence-corrected chi connectivity index (χ0v) is 20.1. The number of benzene rings is 2. The van der Waals surface area contributed by atoms with Crippen molar-refractivity contribution < 1.29 is 13.7 Å². The number of hydrogen-bond acceptors (Lipinski definition) is 5. The van der Waals surface area contributed by atoms with Crippen LogP contribution in [0.15, 0.2) is 59.1 Å². The molecule has 0 unspecified atom stereocenters. The number of carbonyl (C=O) groups is 1. The molecule has 2 heterocycles. The van der Waals surface area contributed by atoms with Crippen LogP contribution < -0.4 is 0 Å². The molecule has 8 heteroatoms. The molecule has 0 spiro atoms. The molecule has 7 nitrogen and oxygen atoms in total. The lowest BCUT2D eigenvalue weighted by molar-refractivity contribution is -0.130. The third kappa shape index (κ3) is 6.62. The van der Waals surface area contributed by atoms with Gasteiger partial charge in [0.05, 0.1) is 5.69 Å². The Balaban J connectivity index is 1.14. The Morgan fingerprint density at radius 3 is 2.66 bits per heavy atom. The van der Waals surface area contributed by atoms with Crippen molar-refractivity contribution in [1.29, 1.82) is 0 Å². The summed E-state index contributed by atoms with van der Waals surface area (Å²) in [4.78, 5) is 18.6. The molecule has 0 saturated heterocycles. The van der Waals surface area contributed by atoms with Gasteiger partial charge in [0.15, 0.2) is 0 Å². The van der Waals surface area contributed by atoms with Crippen molar-refractivity contribution >= 4 is 5.91 Å². The first-order chi connectivity index (χ1) is 17.0. The highest BCUT2D eigenvalue weighted by molar-refractivity contribution is 5.76. The summed E-state index contributed by atoms with van der Waals surface area (Å²) >= 11 is 0. The molecule has 2 aromatic heterocycles. The number of rotatable bonds is 11. The fourth-order valence-electron chi connectivity index (χ4n) is 3.87. The molecule has 0 radical (unpaired) electrons. The van der Waals surface area contributed by atoms with Crippen LogP contribution >= 0.6 is 0 Å². The highest BCUT2D eigenvalue weighted by Crippen LogP contribution is 2.20. The molecule has 0 atom stereocenters. The lowest BCUT2D eigenvalue weighted by atomic mass is 10.1. The van der Waals surface area contributed by atoms with E-state index in [1.807, 2.05) is 25.2 Å². The minimum atomic E-state index is -0.274. The van der Waals surface area contributed by atoms with E-state index in [4.69, 9.17) is 4.52 Å². The quantitative estimate of drug-likeness (QED) is 0.294. The normalized spacial score (nSPS) is 11.1. The summed E-state index contributed by atoms with van der Waals surface area (Å²) in [5.74, 6) is 0.572. The number of nitrogens with zero attached hydrogens (tertiary/aromatic N) is 4. The van der Waals surface area contributed by atoms with E-state index in [9.17, 15) is 9.18 Å². The van der Waals surface area contributed by atoms with Crippen molar-refractivity contribution in [2.24, 2.45) is 0 Å². The van der Waals surface area contributed by atoms with Crippen LogP contribution in [-0.2, 0) is 17.6 Å². The first kappa shape index (κ1) is 24.3. The second kappa shape index (κ2) is 11.6. The van der Waals surface area contributed by atoms with E-state index >= 15 is 0 Å². The fourth-order valence-corrected chi connectivity index (χ4v) is 3.87. The van der Waals surface area contributed by atoms with Crippen molar-refractivity contribution in [3.63, 3.8) is 0 Å². The Bertz CT molecular complexity index is 1250. The molecule has 0 aliphatic carbocycles. The number of hydrogen-bond donors (Lipinski definition) is 1. The van der Waals surface area contributed by atoms with Gasteiger partial charge in [-0.25, -0.2) is 4.39 Å². The lowest BCUT2D eigenvalue weighted by Crippen LogP contribution is -2.27. The number of halogens is 1. The summed E-state index contributed by atoms with van der Waals surface area (Å²) in [6, 6.07) is 16.9. The average Bonchev–Trinajstić information content (AvgIpc) is 3.54. The maximum Gasteiger partial charge on any atom is 0.227 e. The topological polar surface area (TPSA) is 87.9 Å². The van der Waals surface area contributed by atoms with Gasteiger partial charge in [0.2, 0.25) is 17.6 Å². The summed E-state index contributed by atoms with van der Waals surface area (Å²) in [5.41, 5.74) is 4.41. The van der Waals surface area contributed by atoms with Crippen LogP contribution in [0.3, 0.4) is 0 Å². The van der Waals surface area contributed by atoms with Crippen LogP contribution in [0.5, 0.6) is 0 Å². The molecule has 1 amide bonds. The van der Waals surface area contributed by atoms with Gasteiger partial charge in [0.1, 0.15) is 5.82 Å². The average molecular weight is 476 g/mol. The van der Waals surface area contributed by atoms with Gasteiger partial charge in [0, 0.05) is 43.3 Å². The Kier molecular flexibility index (Phi) is 8.03. The zero-order valence-electron chi connectivity index (χ0n) is 20.1. The molecular weight excluding hydrogens is 445 g/mol. The van der Waals surface area contributed by atoms with Gasteiger partial charge in [-0.15, -0.1) is 0 Å². The van der Waals surface area contributed by atoms with Crippen LogP contribution in [0.25, 0.3) is 22.6 Å². The van der Waals surface area contributed by atoms with E-state index in [-0.39, 0.29) is 11.7 Å². The van der Waals surface area contributed by atoms with Gasteiger partial charge in [-0.1, -0.05) is 41.9 Å². The maximum atomic E-state index is 13.5. The number of amides is 1.